The highest BCUT2D eigenvalue weighted by molar-refractivity contribution is 7.09. The lowest BCUT2D eigenvalue weighted by molar-refractivity contribution is 0.0948. The highest BCUT2D eigenvalue weighted by Gasteiger charge is 2.41. The number of amides is 1. The van der Waals surface area contributed by atoms with Crippen LogP contribution in [0.2, 0.25) is 5.02 Å². The van der Waals surface area contributed by atoms with E-state index < -0.39 is 0 Å². The SMILES string of the molecule is COc1ccc(Cl)cc1C(=O)N=c1sc(C2(C)CC2)cn1C[C@H]1CCCO1. The first-order chi connectivity index (χ1) is 13.0. The Bertz CT molecular complexity index is 924. The first-order valence-electron chi connectivity index (χ1n) is 9.23. The molecule has 0 N–H and O–H groups in total. The summed E-state index contributed by atoms with van der Waals surface area (Å²) in [5, 5.41) is 0.485. The smallest absolute Gasteiger partial charge is 0.283 e. The number of methoxy groups -OCH3 is 1. The van der Waals surface area contributed by atoms with Crippen LogP contribution in [0.15, 0.2) is 29.4 Å². The van der Waals surface area contributed by atoms with Crippen molar-refractivity contribution in [1.82, 2.24) is 4.57 Å². The van der Waals surface area contributed by atoms with Crippen LogP contribution in [-0.2, 0) is 16.7 Å². The van der Waals surface area contributed by atoms with Gasteiger partial charge in [-0.25, -0.2) is 0 Å². The summed E-state index contributed by atoms with van der Waals surface area (Å²) in [6.45, 7) is 3.80. The van der Waals surface area contributed by atoms with E-state index in [-0.39, 0.29) is 17.4 Å². The van der Waals surface area contributed by atoms with E-state index in [1.54, 1.807) is 29.5 Å². The standard InChI is InChI=1S/C20H23ClN2O3S/c1-20(7-8-20)17-12-23(11-14-4-3-9-26-14)19(27-17)22-18(24)15-10-13(21)5-6-16(15)25-2/h5-6,10,12,14H,3-4,7-9,11H2,1-2H3/t14-/m1/s1. The van der Waals surface area contributed by atoms with Gasteiger partial charge in [0.25, 0.3) is 5.91 Å². The van der Waals surface area contributed by atoms with Gasteiger partial charge in [0, 0.05) is 28.1 Å². The molecule has 1 saturated carbocycles. The molecule has 4 rings (SSSR count). The number of hydrogen-bond acceptors (Lipinski definition) is 4. The van der Waals surface area contributed by atoms with Gasteiger partial charge in [-0.2, -0.15) is 4.99 Å². The molecule has 0 unspecified atom stereocenters. The second-order valence-corrected chi connectivity index (χ2v) is 8.93. The molecule has 5 nitrogen and oxygen atoms in total. The van der Waals surface area contributed by atoms with E-state index in [1.807, 2.05) is 0 Å². The van der Waals surface area contributed by atoms with Crippen molar-refractivity contribution >= 4 is 28.8 Å². The Morgan fingerprint density at radius 1 is 1.48 bits per heavy atom. The zero-order chi connectivity index (χ0) is 19.0. The molecule has 2 fully saturated rings. The van der Waals surface area contributed by atoms with Crippen LogP contribution in [-0.4, -0.2) is 30.3 Å². The molecule has 27 heavy (non-hydrogen) atoms. The van der Waals surface area contributed by atoms with Crippen molar-refractivity contribution in [3.05, 3.63) is 44.7 Å². The van der Waals surface area contributed by atoms with Crippen molar-refractivity contribution in [2.45, 2.75) is 50.7 Å². The molecule has 1 aliphatic heterocycles. The Morgan fingerprint density at radius 3 is 2.96 bits per heavy atom. The average Bonchev–Trinajstić information content (AvgIpc) is 3.05. The largest absolute Gasteiger partial charge is 0.496 e. The summed E-state index contributed by atoms with van der Waals surface area (Å²) in [4.78, 5) is 19.3. The van der Waals surface area contributed by atoms with E-state index in [1.165, 1.54) is 24.8 Å². The minimum atomic E-state index is -0.343. The van der Waals surface area contributed by atoms with Crippen LogP contribution in [0.4, 0.5) is 0 Å². The topological polar surface area (TPSA) is 52.8 Å². The van der Waals surface area contributed by atoms with Gasteiger partial charge < -0.3 is 14.0 Å². The zero-order valence-electron chi connectivity index (χ0n) is 15.5. The van der Waals surface area contributed by atoms with Crippen LogP contribution < -0.4 is 9.54 Å². The molecule has 2 aliphatic rings. The first-order valence-corrected chi connectivity index (χ1v) is 10.4. The lowest BCUT2D eigenvalue weighted by atomic mass is 10.1. The fraction of sp³-hybridized carbons (Fsp3) is 0.500. The first kappa shape index (κ1) is 18.7. The van der Waals surface area contributed by atoms with Gasteiger partial charge in [0.1, 0.15) is 5.75 Å². The Kier molecular flexibility index (Phi) is 5.14. The van der Waals surface area contributed by atoms with Crippen LogP contribution >= 0.6 is 22.9 Å². The van der Waals surface area contributed by atoms with Crippen molar-refractivity contribution in [1.29, 1.82) is 0 Å². The van der Waals surface area contributed by atoms with Crippen molar-refractivity contribution in [3.8, 4) is 5.75 Å². The third-order valence-electron chi connectivity index (χ3n) is 5.33. The Morgan fingerprint density at radius 2 is 2.30 bits per heavy atom. The van der Waals surface area contributed by atoms with E-state index in [2.05, 4.69) is 22.7 Å². The number of halogens is 1. The summed E-state index contributed by atoms with van der Waals surface area (Å²) in [7, 11) is 1.54. The molecule has 0 spiro atoms. The van der Waals surface area contributed by atoms with Crippen LogP contribution in [0.3, 0.4) is 0 Å². The number of hydrogen-bond donors (Lipinski definition) is 0. The molecule has 1 atom stereocenters. The molecule has 0 bridgehead atoms. The number of benzene rings is 1. The fourth-order valence-electron chi connectivity index (χ4n) is 3.31. The molecule has 1 aliphatic carbocycles. The molecule has 1 amide bonds. The molecule has 1 saturated heterocycles. The summed E-state index contributed by atoms with van der Waals surface area (Å²) in [6.07, 6.45) is 6.84. The summed E-state index contributed by atoms with van der Waals surface area (Å²) in [6, 6.07) is 5.00. The highest BCUT2D eigenvalue weighted by atomic mass is 35.5. The van der Waals surface area contributed by atoms with Gasteiger partial charge in [0.2, 0.25) is 0 Å². The summed E-state index contributed by atoms with van der Waals surface area (Å²) in [5.74, 6) is 0.134. The highest BCUT2D eigenvalue weighted by Crippen LogP contribution is 2.48. The summed E-state index contributed by atoms with van der Waals surface area (Å²) in [5.41, 5.74) is 0.606. The van der Waals surface area contributed by atoms with Gasteiger partial charge in [-0.15, -0.1) is 11.3 Å². The summed E-state index contributed by atoms with van der Waals surface area (Å²) < 4.78 is 13.2. The molecular formula is C20H23ClN2O3S. The van der Waals surface area contributed by atoms with Gasteiger partial charge in [-0.3, -0.25) is 4.79 Å². The van der Waals surface area contributed by atoms with E-state index in [0.29, 0.717) is 21.1 Å². The maximum absolute atomic E-state index is 12.9. The van der Waals surface area contributed by atoms with Crippen LogP contribution in [0.1, 0.15) is 47.8 Å². The van der Waals surface area contributed by atoms with Crippen molar-refractivity contribution in [3.63, 3.8) is 0 Å². The second-order valence-electron chi connectivity index (χ2n) is 7.49. The molecule has 144 valence electrons. The number of rotatable bonds is 5. The minimum Gasteiger partial charge on any atom is -0.496 e. The molecule has 1 aromatic carbocycles. The Hall–Kier alpha value is -1.63. The van der Waals surface area contributed by atoms with Gasteiger partial charge in [0.15, 0.2) is 4.80 Å². The van der Waals surface area contributed by atoms with Gasteiger partial charge in [-0.05, 0) is 43.9 Å². The van der Waals surface area contributed by atoms with Crippen molar-refractivity contribution in [2.75, 3.05) is 13.7 Å². The van der Waals surface area contributed by atoms with Crippen LogP contribution in [0.25, 0.3) is 0 Å². The number of carbonyl (C=O) groups is 1. The van der Waals surface area contributed by atoms with E-state index in [9.17, 15) is 4.79 Å². The van der Waals surface area contributed by atoms with E-state index in [0.717, 1.165) is 26.0 Å². The quantitative estimate of drug-likeness (QED) is 0.748. The third-order valence-corrected chi connectivity index (χ3v) is 6.89. The second kappa shape index (κ2) is 7.41. The maximum Gasteiger partial charge on any atom is 0.283 e. The Labute approximate surface area is 167 Å². The lowest BCUT2D eigenvalue weighted by Crippen LogP contribution is -2.23. The van der Waals surface area contributed by atoms with Gasteiger partial charge in [-0.1, -0.05) is 18.5 Å². The van der Waals surface area contributed by atoms with Gasteiger partial charge in [0.05, 0.1) is 25.3 Å². The molecule has 2 aromatic rings. The predicted octanol–water partition coefficient (Wildman–Crippen LogP) is 4.18. The summed E-state index contributed by atoms with van der Waals surface area (Å²) >= 11 is 7.67. The average molecular weight is 407 g/mol. The van der Waals surface area contributed by atoms with Crippen LogP contribution in [0, 0.1) is 0 Å². The minimum absolute atomic E-state index is 0.189. The zero-order valence-corrected chi connectivity index (χ0v) is 17.1. The number of aromatic nitrogens is 1. The van der Waals surface area contributed by atoms with Crippen molar-refractivity contribution in [2.24, 2.45) is 4.99 Å². The monoisotopic (exact) mass is 406 g/mol. The molecular weight excluding hydrogens is 384 g/mol. The number of thiazole rings is 1. The predicted molar refractivity (Wildman–Crippen MR) is 106 cm³/mol. The number of nitrogens with zero attached hydrogens (tertiary/aromatic N) is 2. The maximum atomic E-state index is 12.9. The molecule has 1 aromatic heterocycles. The van der Waals surface area contributed by atoms with E-state index >= 15 is 0 Å². The molecule has 2 heterocycles. The van der Waals surface area contributed by atoms with E-state index in [4.69, 9.17) is 21.1 Å². The normalized spacial score (nSPS) is 21.4. The lowest BCUT2D eigenvalue weighted by Gasteiger charge is -2.10. The third kappa shape index (κ3) is 3.98. The number of ether oxygens (including phenoxy) is 2. The van der Waals surface area contributed by atoms with Crippen molar-refractivity contribution < 1.29 is 14.3 Å². The Balaban J connectivity index is 1.71. The molecule has 7 heteroatoms. The van der Waals surface area contributed by atoms with Gasteiger partial charge >= 0.3 is 0 Å². The fourth-order valence-corrected chi connectivity index (χ4v) is 4.69. The molecule has 0 radical (unpaired) electrons. The number of carbonyl (C=O) groups excluding carboxylic acids is 1. The van der Waals surface area contributed by atoms with Crippen LogP contribution in [0.5, 0.6) is 5.75 Å².